The van der Waals surface area contributed by atoms with E-state index in [0.29, 0.717) is 22.4 Å². The van der Waals surface area contributed by atoms with E-state index in [1.165, 1.54) is 0 Å². The molecule has 2 N–H and O–H groups in total. The molecule has 0 amide bonds. The molecular weight excluding hydrogens is 250 g/mol. The summed E-state index contributed by atoms with van der Waals surface area (Å²) in [7, 11) is 0. The van der Waals surface area contributed by atoms with Crippen LogP contribution in [0, 0.1) is 13.8 Å². The molecule has 4 nitrogen and oxygen atoms in total. The van der Waals surface area contributed by atoms with Crippen molar-refractivity contribution in [3.8, 4) is 5.69 Å². The van der Waals surface area contributed by atoms with Gasteiger partial charge in [-0.15, -0.1) is 0 Å². The maximum atomic E-state index is 12.6. The summed E-state index contributed by atoms with van der Waals surface area (Å²) in [5.41, 5.74) is 8.98. The molecule has 0 bridgehead atoms. The number of nitrogen functional groups attached to an aromatic ring is 1. The van der Waals surface area contributed by atoms with Crippen LogP contribution in [0.4, 0.5) is 5.69 Å². The second-order valence-electron chi connectivity index (χ2n) is 4.86. The van der Waals surface area contributed by atoms with Gasteiger partial charge in [0.2, 0.25) is 0 Å². The molecule has 1 heterocycles. The molecule has 4 heteroatoms. The average molecular weight is 265 g/mol. The van der Waals surface area contributed by atoms with Gasteiger partial charge in [0.05, 0.1) is 16.6 Å². The molecular formula is C16H15N3O. The maximum Gasteiger partial charge on any atom is 0.265 e. The van der Waals surface area contributed by atoms with Crippen molar-refractivity contribution in [2.45, 2.75) is 13.8 Å². The van der Waals surface area contributed by atoms with Crippen molar-refractivity contribution in [3.63, 3.8) is 0 Å². The monoisotopic (exact) mass is 265 g/mol. The quantitative estimate of drug-likeness (QED) is 0.688. The summed E-state index contributed by atoms with van der Waals surface area (Å²) in [6.45, 7) is 3.76. The molecule has 0 radical (unpaired) electrons. The van der Waals surface area contributed by atoms with E-state index in [4.69, 9.17) is 5.73 Å². The Morgan fingerprint density at radius 1 is 1.10 bits per heavy atom. The topological polar surface area (TPSA) is 60.9 Å². The molecule has 0 unspecified atom stereocenters. The molecule has 0 aliphatic carbocycles. The zero-order valence-electron chi connectivity index (χ0n) is 11.4. The van der Waals surface area contributed by atoms with Gasteiger partial charge in [-0.3, -0.25) is 9.36 Å². The zero-order chi connectivity index (χ0) is 14.3. The van der Waals surface area contributed by atoms with Gasteiger partial charge in [-0.25, -0.2) is 4.98 Å². The first-order valence-corrected chi connectivity index (χ1v) is 6.43. The number of aromatic nitrogens is 2. The van der Waals surface area contributed by atoms with Gasteiger partial charge in [0.25, 0.3) is 5.56 Å². The lowest BCUT2D eigenvalue weighted by Gasteiger charge is -2.12. The van der Waals surface area contributed by atoms with Gasteiger partial charge in [-0.05, 0) is 43.7 Å². The van der Waals surface area contributed by atoms with Crippen LogP contribution in [0.5, 0.6) is 0 Å². The van der Waals surface area contributed by atoms with Crippen molar-refractivity contribution in [2.75, 3.05) is 5.73 Å². The maximum absolute atomic E-state index is 12.6. The van der Waals surface area contributed by atoms with Crippen LogP contribution in [0.25, 0.3) is 16.6 Å². The average Bonchev–Trinajstić information content (AvgIpc) is 2.43. The van der Waals surface area contributed by atoms with Crippen LogP contribution in [0.2, 0.25) is 0 Å². The van der Waals surface area contributed by atoms with E-state index in [9.17, 15) is 4.79 Å². The number of anilines is 1. The summed E-state index contributed by atoms with van der Waals surface area (Å²) in [5.74, 6) is 0.650. The second kappa shape index (κ2) is 4.49. The number of hydrogen-bond acceptors (Lipinski definition) is 3. The smallest absolute Gasteiger partial charge is 0.265 e. The van der Waals surface area contributed by atoms with Crippen LogP contribution in [-0.4, -0.2) is 9.55 Å². The number of benzene rings is 2. The van der Waals surface area contributed by atoms with Gasteiger partial charge in [-0.1, -0.05) is 18.2 Å². The highest BCUT2D eigenvalue weighted by molar-refractivity contribution is 5.77. The van der Waals surface area contributed by atoms with Crippen molar-refractivity contribution < 1.29 is 0 Å². The first-order chi connectivity index (χ1) is 9.58. The summed E-state index contributed by atoms with van der Waals surface area (Å²) in [4.78, 5) is 17.1. The number of rotatable bonds is 1. The van der Waals surface area contributed by atoms with Crippen molar-refractivity contribution in [2.24, 2.45) is 0 Å². The molecule has 0 atom stereocenters. The Labute approximate surface area is 116 Å². The van der Waals surface area contributed by atoms with E-state index < -0.39 is 0 Å². The summed E-state index contributed by atoms with van der Waals surface area (Å²) < 4.78 is 1.60. The van der Waals surface area contributed by atoms with Gasteiger partial charge in [0.15, 0.2) is 0 Å². The van der Waals surface area contributed by atoms with Gasteiger partial charge < -0.3 is 5.73 Å². The van der Waals surface area contributed by atoms with Crippen LogP contribution < -0.4 is 11.3 Å². The van der Waals surface area contributed by atoms with E-state index in [-0.39, 0.29) is 5.56 Å². The van der Waals surface area contributed by atoms with Crippen molar-refractivity contribution in [1.82, 2.24) is 9.55 Å². The second-order valence-corrected chi connectivity index (χ2v) is 4.86. The molecule has 0 spiro atoms. The Kier molecular flexibility index (Phi) is 2.79. The Morgan fingerprint density at radius 2 is 1.85 bits per heavy atom. The molecule has 2 aromatic carbocycles. The van der Waals surface area contributed by atoms with Crippen LogP contribution in [0.1, 0.15) is 11.4 Å². The largest absolute Gasteiger partial charge is 0.398 e. The number of aryl methyl sites for hydroxylation is 2. The third kappa shape index (κ3) is 1.86. The SMILES string of the molecule is Cc1ccc(-n2c(C)nc3ccccc3c2=O)cc1N. The molecule has 3 rings (SSSR count). The van der Waals surface area contributed by atoms with Crippen LogP contribution in [0.3, 0.4) is 0 Å². The lowest BCUT2D eigenvalue weighted by Crippen LogP contribution is -2.22. The van der Waals surface area contributed by atoms with Crippen LogP contribution >= 0.6 is 0 Å². The van der Waals surface area contributed by atoms with Gasteiger partial charge >= 0.3 is 0 Å². The fraction of sp³-hybridized carbons (Fsp3) is 0.125. The molecule has 3 aromatic rings. The molecule has 0 aliphatic rings. The zero-order valence-corrected chi connectivity index (χ0v) is 11.4. The van der Waals surface area contributed by atoms with E-state index in [1.54, 1.807) is 16.7 Å². The Balaban J connectivity index is 2.36. The number of para-hydroxylation sites is 1. The summed E-state index contributed by atoms with van der Waals surface area (Å²) in [6, 6.07) is 13.0. The summed E-state index contributed by atoms with van der Waals surface area (Å²) in [6.07, 6.45) is 0. The minimum Gasteiger partial charge on any atom is -0.398 e. The molecule has 20 heavy (non-hydrogen) atoms. The van der Waals surface area contributed by atoms with Gasteiger partial charge in [-0.2, -0.15) is 0 Å². The molecule has 100 valence electrons. The lowest BCUT2D eigenvalue weighted by atomic mass is 10.1. The van der Waals surface area contributed by atoms with E-state index in [1.807, 2.05) is 44.2 Å². The fourth-order valence-corrected chi connectivity index (χ4v) is 2.31. The normalized spacial score (nSPS) is 10.9. The molecule has 0 fully saturated rings. The first-order valence-electron chi connectivity index (χ1n) is 6.43. The molecule has 0 saturated carbocycles. The Bertz CT molecular complexity index is 865. The minimum atomic E-state index is -0.0728. The van der Waals surface area contributed by atoms with E-state index in [2.05, 4.69) is 4.98 Å². The van der Waals surface area contributed by atoms with Crippen molar-refractivity contribution in [1.29, 1.82) is 0 Å². The third-order valence-electron chi connectivity index (χ3n) is 3.46. The number of hydrogen-bond donors (Lipinski definition) is 1. The Morgan fingerprint density at radius 3 is 2.60 bits per heavy atom. The van der Waals surface area contributed by atoms with E-state index >= 15 is 0 Å². The highest BCUT2D eigenvalue weighted by Gasteiger charge is 2.10. The lowest BCUT2D eigenvalue weighted by molar-refractivity contribution is 0.895. The van der Waals surface area contributed by atoms with E-state index in [0.717, 1.165) is 11.3 Å². The molecule has 0 aliphatic heterocycles. The standard InChI is InChI=1S/C16H15N3O/c1-10-7-8-12(9-14(10)17)19-11(2)18-15-6-4-3-5-13(15)16(19)20/h3-9H,17H2,1-2H3. The minimum absolute atomic E-state index is 0.0728. The first kappa shape index (κ1) is 12.4. The highest BCUT2D eigenvalue weighted by atomic mass is 16.1. The van der Waals surface area contributed by atoms with Crippen LogP contribution in [-0.2, 0) is 0 Å². The summed E-state index contributed by atoms with van der Waals surface area (Å²) >= 11 is 0. The predicted octanol–water partition coefficient (Wildman–Crippen LogP) is 2.58. The number of nitrogens with two attached hydrogens (primary N) is 1. The number of nitrogens with zero attached hydrogens (tertiary/aromatic N) is 2. The third-order valence-corrected chi connectivity index (χ3v) is 3.46. The number of fused-ring (bicyclic) bond motifs is 1. The molecule has 0 saturated heterocycles. The van der Waals surface area contributed by atoms with Gasteiger partial charge in [0, 0.05) is 5.69 Å². The van der Waals surface area contributed by atoms with Crippen molar-refractivity contribution in [3.05, 3.63) is 64.2 Å². The van der Waals surface area contributed by atoms with Crippen molar-refractivity contribution >= 4 is 16.6 Å². The van der Waals surface area contributed by atoms with Gasteiger partial charge in [0.1, 0.15) is 5.82 Å². The molecule has 1 aromatic heterocycles. The summed E-state index contributed by atoms with van der Waals surface area (Å²) in [5, 5.41) is 0.609. The Hall–Kier alpha value is -2.62. The fourth-order valence-electron chi connectivity index (χ4n) is 2.31. The van der Waals surface area contributed by atoms with Crippen LogP contribution in [0.15, 0.2) is 47.3 Å². The predicted molar refractivity (Wildman–Crippen MR) is 81.2 cm³/mol. The highest BCUT2D eigenvalue weighted by Crippen LogP contribution is 2.17.